The highest BCUT2D eigenvalue weighted by molar-refractivity contribution is 6.31. The Morgan fingerprint density at radius 3 is 2.82 bits per heavy atom. The molecule has 10 heteroatoms. The van der Waals surface area contributed by atoms with E-state index in [4.69, 9.17) is 20.8 Å². The van der Waals surface area contributed by atoms with Gasteiger partial charge in [-0.05, 0) is 31.2 Å². The summed E-state index contributed by atoms with van der Waals surface area (Å²) < 4.78 is 12.6. The summed E-state index contributed by atoms with van der Waals surface area (Å²) >= 11 is 6.00. The number of nitro groups is 1. The van der Waals surface area contributed by atoms with E-state index in [0.717, 1.165) is 0 Å². The van der Waals surface area contributed by atoms with Crippen LogP contribution < -0.4 is 10.1 Å². The zero-order valence-corrected chi connectivity index (χ0v) is 15.9. The molecule has 3 rings (SSSR count). The average Bonchev–Trinajstić information content (AvgIpc) is 3.25. The van der Waals surface area contributed by atoms with E-state index in [0.29, 0.717) is 27.8 Å². The van der Waals surface area contributed by atoms with Crippen molar-refractivity contribution in [1.82, 2.24) is 15.1 Å². The van der Waals surface area contributed by atoms with Crippen LogP contribution in [0.25, 0.3) is 0 Å². The molecule has 28 heavy (non-hydrogen) atoms. The second kappa shape index (κ2) is 8.13. The van der Waals surface area contributed by atoms with E-state index in [1.54, 1.807) is 36.9 Å². The lowest BCUT2D eigenvalue weighted by atomic mass is 10.2. The first-order valence-electron chi connectivity index (χ1n) is 8.26. The number of rotatable bonds is 7. The molecule has 2 aromatic heterocycles. The number of aromatic nitrogens is 2. The van der Waals surface area contributed by atoms with Gasteiger partial charge in [-0.15, -0.1) is 0 Å². The highest BCUT2D eigenvalue weighted by atomic mass is 35.5. The van der Waals surface area contributed by atoms with Gasteiger partial charge in [-0.1, -0.05) is 11.6 Å². The van der Waals surface area contributed by atoms with Crippen molar-refractivity contribution < 1.29 is 18.9 Å². The standard InChI is InChI=1S/C18H17ClN4O5/c1-11-7-12(3-5-15(11)23(25)26)27-10-13-4-6-17(28-13)18(24)20-9-16-14(19)8-21-22(16)2/h3-8H,9-10H2,1-2H3,(H,20,24). The summed E-state index contributed by atoms with van der Waals surface area (Å²) in [4.78, 5) is 22.6. The molecule has 0 spiro atoms. The Kier molecular flexibility index (Phi) is 5.65. The van der Waals surface area contributed by atoms with Crippen LogP contribution in [0.3, 0.4) is 0 Å². The zero-order chi connectivity index (χ0) is 20.3. The van der Waals surface area contributed by atoms with Crippen LogP contribution in [0.4, 0.5) is 5.69 Å². The summed E-state index contributed by atoms with van der Waals surface area (Å²) in [7, 11) is 1.73. The molecule has 0 fully saturated rings. The highest BCUT2D eigenvalue weighted by Gasteiger charge is 2.14. The van der Waals surface area contributed by atoms with Crippen LogP contribution in [0, 0.1) is 17.0 Å². The minimum Gasteiger partial charge on any atom is -0.486 e. The maximum Gasteiger partial charge on any atom is 0.287 e. The third-order valence-electron chi connectivity index (χ3n) is 4.06. The smallest absolute Gasteiger partial charge is 0.287 e. The molecule has 0 saturated heterocycles. The largest absolute Gasteiger partial charge is 0.486 e. The van der Waals surface area contributed by atoms with Crippen molar-refractivity contribution >= 4 is 23.2 Å². The van der Waals surface area contributed by atoms with Gasteiger partial charge in [0.25, 0.3) is 11.6 Å². The first-order valence-corrected chi connectivity index (χ1v) is 8.64. The average molecular weight is 405 g/mol. The monoisotopic (exact) mass is 404 g/mol. The predicted octanol–water partition coefficient (Wildman–Crippen LogP) is 3.39. The van der Waals surface area contributed by atoms with Gasteiger partial charge in [0, 0.05) is 18.7 Å². The summed E-state index contributed by atoms with van der Waals surface area (Å²) in [5.74, 6) is 0.655. The van der Waals surface area contributed by atoms with E-state index < -0.39 is 10.8 Å². The summed E-state index contributed by atoms with van der Waals surface area (Å²) in [5.41, 5.74) is 1.20. The van der Waals surface area contributed by atoms with E-state index in [2.05, 4.69) is 10.4 Å². The molecule has 0 aliphatic heterocycles. The lowest BCUT2D eigenvalue weighted by molar-refractivity contribution is -0.385. The second-order valence-electron chi connectivity index (χ2n) is 6.01. The van der Waals surface area contributed by atoms with Gasteiger partial charge in [-0.2, -0.15) is 5.10 Å². The molecule has 0 saturated carbocycles. The number of nitrogens with one attached hydrogen (secondary N) is 1. The molecule has 1 amide bonds. The minimum atomic E-state index is -0.449. The SMILES string of the molecule is Cc1cc(OCc2ccc(C(=O)NCc3c(Cl)cnn3C)o2)ccc1[N+](=O)[O-]. The van der Waals surface area contributed by atoms with Gasteiger partial charge in [0.1, 0.15) is 18.1 Å². The Hall–Kier alpha value is -3.33. The number of aryl methyl sites for hydroxylation is 2. The molecule has 3 aromatic rings. The summed E-state index contributed by atoms with van der Waals surface area (Å²) in [6, 6.07) is 7.64. The van der Waals surface area contributed by atoms with Crippen molar-refractivity contribution in [3.8, 4) is 5.75 Å². The fourth-order valence-electron chi connectivity index (χ4n) is 2.54. The van der Waals surface area contributed by atoms with Crippen molar-refractivity contribution in [2.45, 2.75) is 20.1 Å². The Labute approximate surface area is 165 Å². The lowest BCUT2D eigenvalue weighted by Gasteiger charge is -2.06. The fraction of sp³-hybridized carbons (Fsp3) is 0.222. The van der Waals surface area contributed by atoms with E-state index in [-0.39, 0.29) is 24.6 Å². The Bertz CT molecular complexity index is 1010. The molecule has 9 nitrogen and oxygen atoms in total. The molecule has 0 unspecified atom stereocenters. The number of nitrogens with zero attached hydrogens (tertiary/aromatic N) is 3. The van der Waals surface area contributed by atoms with Gasteiger partial charge >= 0.3 is 0 Å². The van der Waals surface area contributed by atoms with Crippen molar-refractivity contribution in [3.63, 3.8) is 0 Å². The van der Waals surface area contributed by atoms with Crippen LogP contribution in [-0.4, -0.2) is 20.6 Å². The number of ether oxygens (including phenoxy) is 1. The number of carbonyl (C=O) groups is 1. The summed E-state index contributed by atoms with van der Waals surface area (Å²) in [6.07, 6.45) is 1.51. The van der Waals surface area contributed by atoms with Crippen molar-refractivity contribution in [2.75, 3.05) is 0 Å². The van der Waals surface area contributed by atoms with E-state index in [9.17, 15) is 14.9 Å². The Balaban J connectivity index is 1.57. The zero-order valence-electron chi connectivity index (χ0n) is 15.1. The first-order chi connectivity index (χ1) is 13.3. The van der Waals surface area contributed by atoms with Crippen molar-refractivity contribution in [2.24, 2.45) is 7.05 Å². The normalized spacial score (nSPS) is 10.7. The number of carbonyl (C=O) groups excluding carboxylic acids is 1. The van der Waals surface area contributed by atoms with Gasteiger partial charge in [0.2, 0.25) is 0 Å². The highest BCUT2D eigenvalue weighted by Crippen LogP contribution is 2.24. The number of nitro benzene ring substituents is 1. The molecule has 0 aliphatic rings. The summed E-state index contributed by atoms with van der Waals surface area (Å²) in [6.45, 7) is 1.93. The van der Waals surface area contributed by atoms with Crippen LogP contribution >= 0.6 is 11.6 Å². The lowest BCUT2D eigenvalue weighted by Crippen LogP contribution is -2.23. The van der Waals surface area contributed by atoms with Crippen LogP contribution in [0.5, 0.6) is 5.75 Å². The fourth-order valence-corrected chi connectivity index (χ4v) is 2.77. The second-order valence-corrected chi connectivity index (χ2v) is 6.41. The van der Waals surface area contributed by atoms with Gasteiger partial charge in [0.05, 0.1) is 28.4 Å². The van der Waals surface area contributed by atoms with Crippen LogP contribution in [0.2, 0.25) is 5.02 Å². The Morgan fingerprint density at radius 2 is 2.18 bits per heavy atom. The number of hydrogen-bond acceptors (Lipinski definition) is 6. The quantitative estimate of drug-likeness (QED) is 0.477. The maximum absolute atomic E-state index is 12.2. The molecule has 1 aromatic carbocycles. The predicted molar refractivity (Wildman–Crippen MR) is 100 cm³/mol. The number of halogens is 1. The number of hydrogen-bond donors (Lipinski definition) is 1. The van der Waals surface area contributed by atoms with Gasteiger partial charge in [-0.3, -0.25) is 19.6 Å². The molecule has 0 aliphatic carbocycles. The van der Waals surface area contributed by atoms with Gasteiger partial charge in [-0.25, -0.2) is 0 Å². The molecule has 2 heterocycles. The third kappa shape index (κ3) is 4.32. The van der Waals surface area contributed by atoms with Crippen LogP contribution in [0.15, 0.2) is 40.9 Å². The van der Waals surface area contributed by atoms with E-state index in [1.165, 1.54) is 18.3 Å². The van der Waals surface area contributed by atoms with E-state index >= 15 is 0 Å². The topological polar surface area (TPSA) is 112 Å². The number of benzene rings is 1. The first kappa shape index (κ1) is 19.4. The van der Waals surface area contributed by atoms with Gasteiger partial charge in [0.15, 0.2) is 5.76 Å². The number of furan rings is 1. The van der Waals surface area contributed by atoms with E-state index in [1.807, 2.05) is 0 Å². The van der Waals surface area contributed by atoms with Crippen molar-refractivity contribution in [1.29, 1.82) is 0 Å². The third-order valence-corrected chi connectivity index (χ3v) is 4.37. The number of amides is 1. The van der Waals surface area contributed by atoms with Crippen LogP contribution in [0.1, 0.15) is 27.6 Å². The molecule has 0 radical (unpaired) electrons. The molecule has 0 bridgehead atoms. The van der Waals surface area contributed by atoms with Gasteiger partial charge < -0.3 is 14.5 Å². The molecular weight excluding hydrogens is 388 g/mol. The molecule has 0 atom stereocenters. The molecular formula is C18H17ClN4O5. The maximum atomic E-state index is 12.2. The van der Waals surface area contributed by atoms with Crippen LogP contribution in [-0.2, 0) is 20.2 Å². The Morgan fingerprint density at radius 1 is 1.39 bits per heavy atom. The summed E-state index contributed by atoms with van der Waals surface area (Å²) in [5, 5.41) is 18.0. The minimum absolute atomic E-state index is 0.0258. The molecule has 1 N–H and O–H groups in total. The molecule has 146 valence electrons. The van der Waals surface area contributed by atoms with Crippen molar-refractivity contribution in [3.05, 3.63) is 74.4 Å².